The van der Waals surface area contributed by atoms with E-state index in [4.69, 9.17) is 18.9 Å². The normalized spacial score (nSPS) is 18.7. The van der Waals surface area contributed by atoms with E-state index in [1.165, 1.54) is 4.90 Å². The average molecular weight is 653 g/mol. The predicted molar refractivity (Wildman–Crippen MR) is 175 cm³/mol. The van der Waals surface area contributed by atoms with Crippen LogP contribution in [0.1, 0.15) is 66.4 Å². The van der Waals surface area contributed by atoms with E-state index in [1.807, 2.05) is 54.6 Å². The lowest BCUT2D eigenvalue weighted by atomic mass is 10.0. The quantitative estimate of drug-likeness (QED) is 0.400. The molecular weight excluding hydrogens is 604 g/mol. The van der Waals surface area contributed by atoms with Gasteiger partial charge in [0.15, 0.2) is 0 Å². The molecule has 0 aliphatic carbocycles. The van der Waals surface area contributed by atoms with E-state index in [-0.39, 0.29) is 31.5 Å². The number of nitrogens with one attached hydrogen (secondary N) is 2. The number of piperidine rings is 1. The lowest BCUT2D eigenvalue weighted by Gasteiger charge is -2.35. The molecule has 2 aromatic rings. The highest BCUT2D eigenvalue weighted by Crippen LogP contribution is 2.27. The first-order valence-electron chi connectivity index (χ1n) is 16.1. The Morgan fingerprint density at radius 1 is 0.830 bits per heavy atom. The Hall–Kier alpha value is -4.48. The maximum absolute atomic E-state index is 13.8. The number of rotatable bonds is 9. The topological polar surface area (TPSA) is 136 Å². The number of ether oxygens (including phenoxy) is 4. The number of alkyl carbamates (subject to hydrolysis) is 1. The van der Waals surface area contributed by atoms with E-state index in [1.54, 1.807) is 46.4 Å². The molecule has 2 heterocycles. The van der Waals surface area contributed by atoms with Gasteiger partial charge in [-0.2, -0.15) is 0 Å². The van der Waals surface area contributed by atoms with Gasteiger partial charge < -0.3 is 34.5 Å². The van der Waals surface area contributed by atoms with Crippen LogP contribution in [0.2, 0.25) is 0 Å². The molecule has 12 heteroatoms. The molecule has 2 aliphatic heterocycles. The zero-order valence-corrected chi connectivity index (χ0v) is 28.2. The fourth-order valence-electron chi connectivity index (χ4n) is 5.39. The minimum Gasteiger partial charge on any atom is -0.490 e. The molecule has 0 radical (unpaired) electrons. The van der Waals surface area contributed by atoms with Gasteiger partial charge in [0, 0.05) is 38.5 Å². The predicted octanol–water partition coefficient (Wildman–Crippen LogP) is 4.65. The molecule has 0 saturated carbocycles. The number of likely N-dealkylation sites (tertiary alicyclic amines) is 2. The molecule has 12 nitrogen and oxygen atoms in total. The van der Waals surface area contributed by atoms with Crippen LogP contribution in [0.5, 0.6) is 11.5 Å². The van der Waals surface area contributed by atoms with Crippen molar-refractivity contribution in [2.45, 2.75) is 96.8 Å². The van der Waals surface area contributed by atoms with Gasteiger partial charge >= 0.3 is 12.2 Å². The minimum absolute atomic E-state index is 0.0646. The maximum Gasteiger partial charge on any atom is 0.411 e. The number of nitrogens with zero attached hydrogens (tertiary/aromatic N) is 2. The van der Waals surface area contributed by atoms with Crippen LogP contribution in [0.15, 0.2) is 54.6 Å². The first-order chi connectivity index (χ1) is 22.1. The van der Waals surface area contributed by atoms with Crippen LogP contribution in [-0.2, 0) is 25.7 Å². The molecule has 2 aliphatic rings. The molecule has 1 unspecified atom stereocenters. The van der Waals surface area contributed by atoms with Crippen molar-refractivity contribution < 1.29 is 38.1 Å². The zero-order chi connectivity index (χ0) is 34.2. The van der Waals surface area contributed by atoms with Crippen LogP contribution < -0.4 is 20.1 Å². The van der Waals surface area contributed by atoms with Gasteiger partial charge in [-0.05, 0) is 77.8 Å². The minimum atomic E-state index is -0.796. The summed E-state index contributed by atoms with van der Waals surface area (Å²) in [6, 6.07) is 16.2. The number of carbonyl (C=O) groups is 4. The van der Waals surface area contributed by atoms with Crippen molar-refractivity contribution in [1.82, 2.24) is 20.4 Å². The molecule has 2 atom stereocenters. The Labute approximate surface area is 277 Å². The third kappa shape index (κ3) is 11.4. The molecule has 0 bridgehead atoms. The van der Waals surface area contributed by atoms with Gasteiger partial charge in [-0.25, -0.2) is 9.59 Å². The van der Waals surface area contributed by atoms with E-state index < -0.39 is 41.4 Å². The van der Waals surface area contributed by atoms with Gasteiger partial charge in [-0.3, -0.25) is 14.5 Å². The largest absolute Gasteiger partial charge is 0.490 e. The summed E-state index contributed by atoms with van der Waals surface area (Å²) in [7, 11) is 0. The average Bonchev–Trinajstić information content (AvgIpc) is 3.42. The second-order valence-electron chi connectivity index (χ2n) is 13.9. The number of hydrogen-bond acceptors (Lipinski definition) is 8. The van der Waals surface area contributed by atoms with Crippen LogP contribution in [0.3, 0.4) is 0 Å². The van der Waals surface area contributed by atoms with Crippen molar-refractivity contribution in [2.75, 3.05) is 26.2 Å². The SMILES string of the molecule is CC(C)(C)OC(=O)NCC(=O)NC1C[C@@H](C(=O)N2CCC(Oc3ccc(OCc4ccccc4)cc3)CC2)N(C(=O)OC(C)(C)C)C1. The third-order valence-electron chi connectivity index (χ3n) is 7.50. The highest BCUT2D eigenvalue weighted by molar-refractivity contribution is 5.87. The maximum atomic E-state index is 13.8. The lowest BCUT2D eigenvalue weighted by molar-refractivity contribution is -0.137. The van der Waals surface area contributed by atoms with Crippen molar-refractivity contribution >= 4 is 24.0 Å². The second kappa shape index (κ2) is 15.4. The highest BCUT2D eigenvalue weighted by atomic mass is 16.6. The lowest BCUT2D eigenvalue weighted by Crippen LogP contribution is -2.51. The summed E-state index contributed by atoms with van der Waals surface area (Å²) in [5.41, 5.74) is -0.364. The zero-order valence-electron chi connectivity index (χ0n) is 28.2. The molecule has 2 saturated heterocycles. The molecule has 4 amide bonds. The Balaban J connectivity index is 1.29. The molecule has 256 valence electrons. The van der Waals surface area contributed by atoms with E-state index in [2.05, 4.69) is 10.6 Å². The van der Waals surface area contributed by atoms with E-state index in [0.29, 0.717) is 32.5 Å². The summed E-state index contributed by atoms with van der Waals surface area (Å²) in [5.74, 6) is 0.833. The number of hydrogen-bond donors (Lipinski definition) is 2. The van der Waals surface area contributed by atoms with Crippen LogP contribution >= 0.6 is 0 Å². The first-order valence-corrected chi connectivity index (χ1v) is 16.1. The Kier molecular flexibility index (Phi) is 11.6. The van der Waals surface area contributed by atoms with Gasteiger partial charge in [-0.15, -0.1) is 0 Å². The van der Waals surface area contributed by atoms with Crippen molar-refractivity contribution in [3.8, 4) is 11.5 Å². The van der Waals surface area contributed by atoms with Crippen LogP contribution in [0.25, 0.3) is 0 Å². The fourth-order valence-corrected chi connectivity index (χ4v) is 5.39. The van der Waals surface area contributed by atoms with Crippen molar-refractivity contribution in [3.05, 3.63) is 60.2 Å². The molecule has 0 spiro atoms. The summed E-state index contributed by atoms with van der Waals surface area (Å²) in [6.45, 7) is 11.7. The van der Waals surface area contributed by atoms with E-state index >= 15 is 0 Å². The molecule has 47 heavy (non-hydrogen) atoms. The summed E-state index contributed by atoms with van der Waals surface area (Å²) in [4.78, 5) is 54.6. The Morgan fingerprint density at radius 3 is 2.06 bits per heavy atom. The van der Waals surface area contributed by atoms with Crippen molar-refractivity contribution in [1.29, 1.82) is 0 Å². The molecule has 4 rings (SSSR count). The molecule has 0 aromatic heterocycles. The number of benzene rings is 2. The number of amides is 4. The van der Waals surface area contributed by atoms with Gasteiger partial charge in [0.05, 0.1) is 0 Å². The van der Waals surface area contributed by atoms with E-state index in [9.17, 15) is 19.2 Å². The second-order valence-corrected chi connectivity index (χ2v) is 13.9. The summed E-state index contributed by atoms with van der Waals surface area (Å²) in [5, 5.41) is 5.26. The van der Waals surface area contributed by atoms with Crippen molar-refractivity contribution in [3.63, 3.8) is 0 Å². The third-order valence-corrected chi connectivity index (χ3v) is 7.50. The van der Waals surface area contributed by atoms with Crippen LogP contribution in [0, 0.1) is 0 Å². The van der Waals surface area contributed by atoms with Crippen LogP contribution in [0.4, 0.5) is 9.59 Å². The van der Waals surface area contributed by atoms with E-state index in [0.717, 1.165) is 17.1 Å². The van der Waals surface area contributed by atoms with Gasteiger partial charge in [0.2, 0.25) is 11.8 Å². The fraction of sp³-hybridized carbons (Fsp3) is 0.543. The molecular formula is C35H48N4O8. The Bertz CT molecular complexity index is 1360. The summed E-state index contributed by atoms with van der Waals surface area (Å²) >= 11 is 0. The monoisotopic (exact) mass is 652 g/mol. The molecule has 2 fully saturated rings. The number of carbonyl (C=O) groups excluding carboxylic acids is 4. The standard InChI is InChI=1S/C35H48N4O8/c1-34(2,3)46-32(42)36-21-30(40)37-25-20-29(39(22-25)33(43)47-35(4,5)6)31(41)38-18-16-28(17-19-38)45-27-14-12-26(13-15-27)44-23-24-10-8-7-9-11-24/h7-15,25,28-29H,16-23H2,1-6H3,(H,36,42)(H,37,40)/t25?,29-/m0/s1. The first kappa shape index (κ1) is 35.4. The van der Waals surface area contributed by atoms with Crippen LogP contribution in [-0.4, -0.2) is 89.4 Å². The Morgan fingerprint density at radius 2 is 1.45 bits per heavy atom. The smallest absolute Gasteiger partial charge is 0.411 e. The van der Waals surface area contributed by atoms with Gasteiger partial charge in [0.25, 0.3) is 0 Å². The highest BCUT2D eigenvalue weighted by Gasteiger charge is 2.44. The molecule has 2 aromatic carbocycles. The van der Waals surface area contributed by atoms with Gasteiger partial charge in [-0.1, -0.05) is 30.3 Å². The van der Waals surface area contributed by atoms with Crippen molar-refractivity contribution in [2.24, 2.45) is 0 Å². The summed E-state index contributed by atoms with van der Waals surface area (Å²) in [6.07, 6.45) is 0.103. The van der Waals surface area contributed by atoms with Gasteiger partial charge in [0.1, 0.15) is 48.0 Å². The summed E-state index contributed by atoms with van der Waals surface area (Å²) < 4.78 is 22.8. The molecule has 2 N–H and O–H groups in total.